The third-order valence-electron chi connectivity index (χ3n) is 3.42. The van der Waals surface area contributed by atoms with Crippen molar-refractivity contribution in [1.29, 1.82) is 0 Å². The van der Waals surface area contributed by atoms with Gasteiger partial charge >= 0.3 is 0 Å². The van der Waals surface area contributed by atoms with Crippen LogP contribution in [0.15, 0.2) is 60.7 Å². The maximum Gasteiger partial charge on any atom is 0.135 e. The molecule has 3 rings (SSSR count). The van der Waals surface area contributed by atoms with Gasteiger partial charge in [-0.2, -0.15) is 0 Å². The van der Waals surface area contributed by atoms with E-state index in [1.54, 1.807) is 6.92 Å². The van der Waals surface area contributed by atoms with Crippen LogP contribution in [0.1, 0.15) is 18.6 Å². The smallest absolute Gasteiger partial charge is 0.135 e. The molecule has 0 saturated carbocycles. The van der Waals surface area contributed by atoms with E-state index in [9.17, 15) is 5.11 Å². The molecule has 0 aliphatic rings. The van der Waals surface area contributed by atoms with E-state index in [-0.39, 0.29) is 0 Å². The topological polar surface area (TPSA) is 29.5 Å². The number of aliphatic hydroxyl groups excluding tert-OH is 1. The molecule has 0 radical (unpaired) electrons. The van der Waals surface area contributed by atoms with Crippen LogP contribution in [-0.4, -0.2) is 5.11 Å². The van der Waals surface area contributed by atoms with E-state index in [2.05, 4.69) is 0 Å². The van der Waals surface area contributed by atoms with Gasteiger partial charge in [-0.1, -0.05) is 48.0 Å². The molecule has 0 amide bonds. The number of fused-ring (bicyclic) bond motifs is 1. The zero-order chi connectivity index (χ0) is 14.8. The van der Waals surface area contributed by atoms with Crippen LogP contribution >= 0.6 is 11.6 Å². The number of halogens is 1. The molecular weight excluding hydrogens is 284 g/mol. The van der Waals surface area contributed by atoms with Crippen molar-refractivity contribution in [3.63, 3.8) is 0 Å². The summed E-state index contributed by atoms with van der Waals surface area (Å²) in [5.74, 6) is 1.49. The predicted molar refractivity (Wildman–Crippen MR) is 86.1 cm³/mol. The fourth-order valence-corrected chi connectivity index (χ4v) is 2.49. The molecule has 0 aliphatic heterocycles. The van der Waals surface area contributed by atoms with Gasteiger partial charge < -0.3 is 9.84 Å². The zero-order valence-corrected chi connectivity index (χ0v) is 12.3. The maximum atomic E-state index is 9.52. The summed E-state index contributed by atoms with van der Waals surface area (Å²) in [4.78, 5) is 0. The second kappa shape index (κ2) is 5.76. The summed E-state index contributed by atoms with van der Waals surface area (Å²) in [5.41, 5.74) is 0.864. The highest BCUT2D eigenvalue weighted by molar-refractivity contribution is 6.35. The average Bonchev–Trinajstić information content (AvgIpc) is 2.51. The zero-order valence-electron chi connectivity index (χ0n) is 11.6. The lowest BCUT2D eigenvalue weighted by Crippen LogP contribution is -1.91. The number of hydrogen-bond acceptors (Lipinski definition) is 2. The van der Waals surface area contributed by atoms with Crippen molar-refractivity contribution in [2.45, 2.75) is 13.0 Å². The highest BCUT2D eigenvalue weighted by Gasteiger charge is 2.07. The first-order chi connectivity index (χ1) is 10.1. The molecule has 3 aromatic carbocycles. The first kappa shape index (κ1) is 13.9. The van der Waals surface area contributed by atoms with Gasteiger partial charge in [0.05, 0.1) is 6.10 Å². The van der Waals surface area contributed by atoms with Crippen molar-refractivity contribution in [1.82, 2.24) is 0 Å². The third-order valence-corrected chi connectivity index (χ3v) is 3.75. The average molecular weight is 299 g/mol. The van der Waals surface area contributed by atoms with Gasteiger partial charge in [0.25, 0.3) is 0 Å². The Kier molecular flexibility index (Phi) is 3.82. The normalized spacial score (nSPS) is 12.3. The summed E-state index contributed by atoms with van der Waals surface area (Å²) in [6, 6.07) is 19.0. The van der Waals surface area contributed by atoms with Gasteiger partial charge in [-0.25, -0.2) is 0 Å². The summed E-state index contributed by atoms with van der Waals surface area (Å²) in [7, 11) is 0. The second-order valence-electron chi connectivity index (χ2n) is 4.94. The monoisotopic (exact) mass is 298 g/mol. The lowest BCUT2D eigenvalue weighted by Gasteiger charge is -2.11. The molecule has 0 fully saturated rings. The summed E-state index contributed by atoms with van der Waals surface area (Å²) in [5, 5.41) is 12.2. The van der Waals surface area contributed by atoms with Gasteiger partial charge in [0.2, 0.25) is 0 Å². The van der Waals surface area contributed by atoms with Gasteiger partial charge in [0.1, 0.15) is 11.5 Å². The number of aliphatic hydroxyl groups is 1. The lowest BCUT2D eigenvalue weighted by molar-refractivity contribution is 0.199. The molecule has 3 aromatic rings. The Labute approximate surface area is 128 Å². The number of rotatable bonds is 3. The summed E-state index contributed by atoms with van der Waals surface area (Å²) >= 11 is 6.20. The summed E-state index contributed by atoms with van der Waals surface area (Å²) in [6.45, 7) is 1.74. The Balaban J connectivity index is 1.96. The van der Waals surface area contributed by atoms with Crippen LogP contribution in [-0.2, 0) is 0 Å². The highest BCUT2D eigenvalue weighted by Crippen LogP contribution is 2.34. The molecule has 0 bridgehead atoms. The molecule has 1 atom stereocenters. The summed E-state index contributed by atoms with van der Waals surface area (Å²) < 4.78 is 5.94. The SMILES string of the molecule is C[C@H](O)c1ccc(Oc2ccc(Cl)c3ccccc23)cc1. The molecule has 3 heteroatoms. The Morgan fingerprint density at radius 3 is 2.24 bits per heavy atom. The minimum absolute atomic E-state index is 0.476. The number of ether oxygens (including phenoxy) is 1. The standard InChI is InChI=1S/C18H15ClO2/c1-12(20)13-6-8-14(9-7-13)21-18-11-10-17(19)15-4-2-3-5-16(15)18/h2-12,20H,1H3/t12-/m0/s1. The second-order valence-corrected chi connectivity index (χ2v) is 5.35. The fraction of sp³-hybridized carbons (Fsp3) is 0.111. The van der Waals surface area contributed by atoms with Crippen LogP contribution in [0.3, 0.4) is 0 Å². The van der Waals surface area contributed by atoms with E-state index in [1.165, 1.54) is 0 Å². The summed E-state index contributed by atoms with van der Waals surface area (Å²) in [6.07, 6.45) is -0.476. The van der Waals surface area contributed by atoms with Crippen LogP contribution in [0.4, 0.5) is 0 Å². The Morgan fingerprint density at radius 2 is 1.57 bits per heavy atom. The molecule has 0 spiro atoms. The molecule has 0 unspecified atom stereocenters. The van der Waals surface area contributed by atoms with Gasteiger partial charge in [0.15, 0.2) is 0 Å². The van der Waals surface area contributed by atoms with E-state index in [0.29, 0.717) is 5.02 Å². The number of hydrogen-bond donors (Lipinski definition) is 1. The molecule has 106 valence electrons. The van der Waals surface area contributed by atoms with Crippen molar-refractivity contribution in [2.75, 3.05) is 0 Å². The largest absolute Gasteiger partial charge is 0.457 e. The van der Waals surface area contributed by atoms with Crippen LogP contribution in [0.25, 0.3) is 10.8 Å². The van der Waals surface area contributed by atoms with Crippen LogP contribution in [0.2, 0.25) is 5.02 Å². The van der Waals surface area contributed by atoms with E-state index in [1.807, 2.05) is 60.7 Å². The molecule has 0 aliphatic carbocycles. The van der Waals surface area contributed by atoms with Crippen molar-refractivity contribution in [3.8, 4) is 11.5 Å². The molecule has 0 heterocycles. The number of benzene rings is 3. The molecule has 21 heavy (non-hydrogen) atoms. The van der Waals surface area contributed by atoms with Crippen LogP contribution < -0.4 is 4.74 Å². The highest BCUT2D eigenvalue weighted by atomic mass is 35.5. The predicted octanol–water partition coefficient (Wildman–Crippen LogP) is 5.34. The van der Waals surface area contributed by atoms with Crippen molar-refractivity contribution < 1.29 is 9.84 Å². The molecule has 2 nitrogen and oxygen atoms in total. The van der Waals surface area contributed by atoms with Crippen molar-refractivity contribution in [3.05, 3.63) is 71.2 Å². The van der Waals surface area contributed by atoms with Crippen molar-refractivity contribution >= 4 is 22.4 Å². The quantitative estimate of drug-likeness (QED) is 0.707. The Bertz CT molecular complexity index is 764. The van der Waals surface area contributed by atoms with E-state index in [0.717, 1.165) is 27.8 Å². The Morgan fingerprint density at radius 1 is 0.905 bits per heavy atom. The van der Waals surface area contributed by atoms with Crippen molar-refractivity contribution in [2.24, 2.45) is 0 Å². The van der Waals surface area contributed by atoms with Gasteiger partial charge in [-0.3, -0.25) is 0 Å². The maximum absolute atomic E-state index is 9.52. The van der Waals surface area contributed by atoms with Gasteiger partial charge in [-0.15, -0.1) is 0 Å². The van der Waals surface area contributed by atoms with Gasteiger partial charge in [0, 0.05) is 15.8 Å². The minimum Gasteiger partial charge on any atom is -0.457 e. The van der Waals surface area contributed by atoms with E-state index >= 15 is 0 Å². The van der Waals surface area contributed by atoms with E-state index < -0.39 is 6.10 Å². The fourth-order valence-electron chi connectivity index (χ4n) is 2.27. The van der Waals surface area contributed by atoms with Gasteiger partial charge in [-0.05, 0) is 36.8 Å². The molecule has 0 saturated heterocycles. The first-order valence-electron chi connectivity index (χ1n) is 6.78. The third kappa shape index (κ3) is 2.87. The van der Waals surface area contributed by atoms with E-state index in [4.69, 9.17) is 16.3 Å². The van der Waals surface area contributed by atoms with Crippen LogP contribution in [0, 0.1) is 0 Å². The minimum atomic E-state index is -0.476. The lowest BCUT2D eigenvalue weighted by atomic mass is 10.1. The first-order valence-corrected chi connectivity index (χ1v) is 7.16. The molecule has 0 aromatic heterocycles. The molecule has 1 N–H and O–H groups in total. The molecular formula is C18H15ClO2. The van der Waals surface area contributed by atoms with Crippen LogP contribution in [0.5, 0.6) is 11.5 Å². The Hall–Kier alpha value is -2.03.